The van der Waals surface area contributed by atoms with E-state index in [0.29, 0.717) is 13.0 Å². The zero-order valence-electron chi connectivity index (χ0n) is 10.2. The quantitative estimate of drug-likeness (QED) is 0.827. The Kier molecular flexibility index (Phi) is 2.69. The van der Waals surface area contributed by atoms with E-state index in [-0.39, 0.29) is 17.6 Å². The zero-order chi connectivity index (χ0) is 12.7. The minimum Gasteiger partial charge on any atom is -0.352 e. The molecule has 1 saturated heterocycles. The van der Waals surface area contributed by atoms with Gasteiger partial charge in [-0.1, -0.05) is 6.07 Å². The van der Waals surface area contributed by atoms with E-state index in [0.717, 1.165) is 12.5 Å². The van der Waals surface area contributed by atoms with E-state index < -0.39 is 11.6 Å². The molecule has 1 aromatic carbocycles. The van der Waals surface area contributed by atoms with Gasteiger partial charge in [0, 0.05) is 24.7 Å². The fourth-order valence-corrected chi connectivity index (χ4v) is 2.72. The number of hydrogen-bond acceptors (Lipinski definition) is 3. The molecule has 2 aliphatic heterocycles. The minimum atomic E-state index is -0.471. The van der Waals surface area contributed by atoms with E-state index in [2.05, 4.69) is 10.3 Å². The van der Waals surface area contributed by atoms with E-state index in [1.165, 1.54) is 18.2 Å². The largest absolute Gasteiger partial charge is 0.352 e. The first-order chi connectivity index (χ1) is 8.66. The maximum atomic E-state index is 13.9. The number of guanidine groups is 1. The summed E-state index contributed by atoms with van der Waals surface area (Å²) in [5.41, 5.74) is 0.167. The third-order valence-corrected chi connectivity index (χ3v) is 3.49. The molecule has 1 N–H and O–H groups in total. The lowest BCUT2D eigenvalue weighted by Crippen LogP contribution is -2.38. The second-order valence-corrected chi connectivity index (χ2v) is 4.84. The summed E-state index contributed by atoms with van der Waals surface area (Å²) in [6.07, 6.45) is 0.649. The highest BCUT2D eigenvalue weighted by Crippen LogP contribution is 2.33. The standard InChI is InChI=1S/C13H15F2N3/c1-8-7-18-11(5-6-16-13(18)17-8)12-9(14)3-2-4-10(12)15/h2-4,8,11H,5-7H2,1H3,(H,16,17). The highest BCUT2D eigenvalue weighted by Gasteiger charge is 2.35. The Morgan fingerprint density at radius 2 is 2.06 bits per heavy atom. The van der Waals surface area contributed by atoms with Crippen molar-refractivity contribution in [3.8, 4) is 0 Å². The van der Waals surface area contributed by atoms with Crippen LogP contribution in [0, 0.1) is 11.6 Å². The summed E-state index contributed by atoms with van der Waals surface area (Å²) in [4.78, 5) is 6.33. The maximum Gasteiger partial charge on any atom is 0.194 e. The molecule has 3 nitrogen and oxygen atoms in total. The second-order valence-electron chi connectivity index (χ2n) is 4.84. The molecule has 0 spiro atoms. The lowest BCUT2D eigenvalue weighted by Gasteiger charge is -2.32. The van der Waals surface area contributed by atoms with Crippen molar-refractivity contribution in [2.75, 3.05) is 13.1 Å². The summed E-state index contributed by atoms with van der Waals surface area (Å²) < 4.78 is 27.7. The van der Waals surface area contributed by atoms with Crippen molar-refractivity contribution in [2.45, 2.75) is 25.4 Å². The topological polar surface area (TPSA) is 27.6 Å². The van der Waals surface area contributed by atoms with Gasteiger partial charge in [-0.3, -0.25) is 4.99 Å². The van der Waals surface area contributed by atoms with Crippen LogP contribution in [0.4, 0.5) is 8.78 Å². The Morgan fingerprint density at radius 1 is 1.33 bits per heavy atom. The van der Waals surface area contributed by atoms with Crippen LogP contribution in [0.2, 0.25) is 0 Å². The van der Waals surface area contributed by atoms with Crippen molar-refractivity contribution < 1.29 is 8.78 Å². The normalized spacial score (nSPS) is 26.6. The second kappa shape index (κ2) is 4.23. The smallest absolute Gasteiger partial charge is 0.194 e. The summed E-state index contributed by atoms with van der Waals surface area (Å²) >= 11 is 0. The van der Waals surface area contributed by atoms with Gasteiger partial charge in [-0.05, 0) is 25.5 Å². The molecule has 1 aromatic rings. The van der Waals surface area contributed by atoms with Crippen LogP contribution in [0.15, 0.2) is 23.2 Å². The first-order valence-corrected chi connectivity index (χ1v) is 6.18. The molecule has 2 atom stereocenters. The molecule has 0 bridgehead atoms. The SMILES string of the molecule is CC1CN2C(=NCCC2c2c(F)cccc2F)N1. The predicted molar refractivity (Wildman–Crippen MR) is 65.3 cm³/mol. The minimum absolute atomic E-state index is 0.167. The average Bonchev–Trinajstić information content (AvgIpc) is 2.70. The molecule has 2 heterocycles. The van der Waals surface area contributed by atoms with Gasteiger partial charge in [-0.15, -0.1) is 0 Å². The van der Waals surface area contributed by atoms with Gasteiger partial charge in [0.15, 0.2) is 5.96 Å². The number of halogens is 2. The van der Waals surface area contributed by atoms with Gasteiger partial charge in [0.25, 0.3) is 0 Å². The van der Waals surface area contributed by atoms with E-state index in [9.17, 15) is 8.78 Å². The highest BCUT2D eigenvalue weighted by atomic mass is 19.1. The summed E-state index contributed by atoms with van der Waals surface area (Å²) in [5.74, 6) is -0.178. The van der Waals surface area contributed by atoms with E-state index in [1.807, 2.05) is 11.8 Å². The summed E-state index contributed by atoms with van der Waals surface area (Å²) in [7, 11) is 0. The van der Waals surface area contributed by atoms with Gasteiger partial charge >= 0.3 is 0 Å². The number of nitrogens with zero attached hydrogens (tertiary/aromatic N) is 2. The molecule has 18 heavy (non-hydrogen) atoms. The molecule has 2 aliphatic rings. The fourth-order valence-electron chi connectivity index (χ4n) is 2.72. The fraction of sp³-hybridized carbons (Fsp3) is 0.462. The monoisotopic (exact) mass is 251 g/mol. The van der Waals surface area contributed by atoms with Crippen LogP contribution in [0.5, 0.6) is 0 Å². The molecule has 0 saturated carbocycles. The van der Waals surface area contributed by atoms with Crippen molar-refractivity contribution >= 4 is 5.96 Å². The van der Waals surface area contributed by atoms with E-state index in [4.69, 9.17) is 0 Å². The van der Waals surface area contributed by atoms with Crippen LogP contribution < -0.4 is 5.32 Å². The van der Waals surface area contributed by atoms with Gasteiger partial charge < -0.3 is 10.2 Å². The predicted octanol–water partition coefficient (Wildman–Crippen LogP) is 2.06. The molecule has 0 aromatic heterocycles. The lowest BCUT2D eigenvalue weighted by molar-refractivity contribution is 0.289. The van der Waals surface area contributed by atoms with Crippen molar-refractivity contribution in [1.29, 1.82) is 0 Å². The molecular weight excluding hydrogens is 236 g/mol. The van der Waals surface area contributed by atoms with Crippen molar-refractivity contribution in [3.63, 3.8) is 0 Å². The summed E-state index contributed by atoms with van der Waals surface area (Å²) in [6.45, 7) is 3.37. The van der Waals surface area contributed by atoms with Gasteiger partial charge in [0.1, 0.15) is 11.6 Å². The summed E-state index contributed by atoms with van der Waals surface area (Å²) in [6, 6.07) is 4.04. The molecular formula is C13H15F2N3. The molecule has 3 rings (SSSR count). The van der Waals surface area contributed by atoms with Crippen LogP contribution in [0.3, 0.4) is 0 Å². The third-order valence-electron chi connectivity index (χ3n) is 3.49. The van der Waals surface area contributed by atoms with Crippen molar-refractivity contribution in [1.82, 2.24) is 10.2 Å². The van der Waals surface area contributed by atoms with Crippen LogP contribution in [-0.4, -0.2) is 30.0 Å². The summed E-state index contributed by atoms with van der Waals surface area (Å²) in [5, 5.41) is 3.23. The molecule has 0 radical (unpaired) electrons. The average molecular weight is 251 g/mol. The third kappa shape index (κ3) is 1.74. The van der Waals surface area contributed by atoms with Gasteiger partial charge in [0.05, 0.1) is 6.04 Å². The Labute approximate surface area is 105 Å². The van der Waals surface area contributed by atoms with Crippen LogP contribution in [0.25, 0.3) is 0 Å². The van der Waals surface area contributed by atoms with Crippen LogP contribution >= 0.6 is 0 Å². The molecule has 1 fully saturated rings. The van der Waals surface area contributed by atoms with Gasteiger partial charge in [-0.2, -0.15) is 0 Å². The van der Waals surface area contributed by atoms with Crippen LogP contribution in [-0.2, 0) is 0 Å². The maximum absolute atomic E-state index is 13.9. The number of nitrogens with one attached hydrogen (secondary N) is 1. The Balaban J connectivity index is 2.00. The molecule has 5 heteroatoms. The van der Waals surface area contributed by atoms with Crippen LogP contribution in [0.1, 0.15) is 24.9 Å². The molecule has 0 aliphatic carbocycles. The highest BCUT2D eigenvalue weighted by molar-refractivity contribution is 5.83. The van der Waals surface area contributed by atoms with Gasteiger partial charge in [-0.25, -0.2) is 8.78 Å². The molecule has 2 unspecified atom stereocenters. The lowest BCUT2D eigenvalue weighted by atomic mass is 10.00. The number of rotatable bonds is 1. The number of fused-ring (bicyclic) bond motifs is 1. The number of benzene rings is 1. The molecule has 0 amide bonds. The number of hydrogen-bond donors (Lipinski definition) is 1. The molecule has 96 valence electrons. The number of aliphatic imine (C=N–C) groups is 1. The Hall–Kier alpha value is -1.65. The zero-order valence-corrected chi connectivity index (χ0v) is 10.2. The first-order valence-electron chi connectivity index (χ1n) is 6.18. The Morgan fingerprint density at radius 3 is 2.78 bits per heavy atom. The van der Waals surface area contributed by atoms with Crippen molar-refractivity contribution in [3.05, 3.63) is 35.4 Å². The first kappa shape index (κ1) is 11.4. The van der Waals surface area contributed by atoms with E-state index in [1.54, 1.807) is 0 Å². The van der Waals surface area contributed by atoms with Gasteiger partial charge in [0.2, 0.25) is 0 Å². The van der Waals surface area contributed by atoms with Crippen molar-refractivity contribution in [2.24, 2.45) is 4.99 Å². The van der Waals surface area contributed by atoms with E-state index >= 15 is 0 Å². The Bertz CT molecular complexity index is 481.